The topological polar surface area (TPSA) is 82.3 Å². The van der Waals surface area contributed by atoms with Gasteiger partial charge in [0.05, 0.1) is 23.9 Å². The van der Waals surface area contributed by atoms with Crippen molar-refractivity contribution in [1.82, 2.24) is 15.1 Å². The van der Waals surface area contributed by atoms with Crippen molar-refractivity contribution in [3.63, 3.8) is 0 Å². The van der Waals surface area contributed by atoms with Crippen molar-refractivity contribution in [2.24, 2.45) is 5.41 Å². The van der Waals surface area contributed by atoms with Crippen LogP contribution < -0.4 is 4.74 Å². The summed E-state index contributed by atoms with van der Waals surface area (Å²) < 4.78 is 6.09. The number of aliphatic hydroxyl groups is 1. The Morgan fingerprint density at radius 3 is 2.70 bits per heavy atom. The second-order valence-electron chi connectivity index (χ2n) is 8.23. The number of piperidine rings is 1. The number of aromatic nitrogens is 2. The highest BCUT2D eigenvalue weighted by Gasteiger charge is 2.30. The van der Waals surface area contributed by atoms with E-state index in [0.717, 1.165) is 53.6 Å². The van der Waals surface area contributed by atoms with Gasteiger partial charge in [0.25, 0.3) is 0 Å². The molecule has 30 heavy (non-hydrogen) atoms. The maximum atomic E-state index is 10.6. The molecule has 1 N–H and O–H groups in total. The molecule has 1 aliphatic heterocycles. The Morgan fingerprint density at radius 1 is 1.17 bits per heavy atom. The molecule has 1 saturated heterocycles. The number of rotatable bonds is 6. The van der Waals surface area contributed by atoms with Gasteiger partial charge in [0.15, 0.2) is 0 Å². The van der Waals surface area contributed by atoms with Crippen LogP contribution in [0.2, 0.25) is 0 Å². The molecule has 3 aromatic rings. The first-order valence-electron chi connectivity index (χ1n) is 10.3. The molecule has 4 rings (SSSR count). The van der Waals surface area contributed by atoms with Gasteiger partial charge < -0.3 is 14.7 Å². The highest BCUT2D eigenvalue weighted by atomic mass is 16.5. The molecule has 0 radical (unpaired) electrons. The molecular formula is C24H26N4O2. The Morgan fingerprint density at radius 2 is 1.97 bits per heavy atom. The number of fused-ring (bicyclic) bond motifs is 1. The van der Waals surface area contributed by atoms with Crippen LogP contribution in [0.25, 0.3) is 21.9 Å². The lowest BCUT2D eigenvalue weighted by Crippen LogP contribution is -2.43. The zero-order chi connectivity index (χ0) is 21.0. The minimum atomic E-state index is -0.605. The molecule has 0 amide bonds. The second kappa shape index (κ2) is 8.78. The number of hydrogen-bond acceptors (Lipinski definition) is 6. The Labute approximate surface area is 176 Å². The van der Waals surface area contributed by atoms with Gasteiger partial charge in [-0.25, -0.2) is 0 Å². The normalized spacial score (nSPS) is 17.4. The molecule has 1 atom stereocenters. The fraction of sp³-hybridized carbons (Fsp3) is 0.375. The number of ether oxygens (including phenoxy) is 1. The van der Waals surface area contributed by atoms with Crippen molar-refractivity contribution in [3.05, 3.63) is 54.9 Å². The first-order valence-corrected chi connectivity index (χ1v) is 10.3. The van der Waals surface area contributed by atoms with Crippen LogP contribution in [0.5, 0.6) is 5.75 Å². The summed E-state index contributed by atoms with van der Waals surface area (Å²) in [6.45, 7) is 4.41. The average Bonchev–Trinajstić information content (AvgIpc) is 2.79. The van der Waals surface area contributed by atoms with Crippen molar-refractivity contribution < 1.29 is 9.84 Å². The van der Waals surface area contributed by atoms with Crippen molar-refractivity contribution in [2.75, 3.05) is 26.2 Å². The quantitative estimate of drug-likeness (QED) is 0.678. The molecule has 154 valence electrons. The summed E-state index contributed by atoms with van der Waals surface area (Å²) in [5.74, 6) is 0.719. The summed E-state index contributed by atoms with van der Waals surface area (Å²) >= 11 is 0. The fourth-order valence-electron chi connectivity index (χ4n) is 3.99. The third-order valence-corrected chi connectivity index (χ3v) is 5.89. The maximum Gasteiger partial charge on any atom is 0.127 e. The van der Waals surface area contributed by atoms with Gasteiger partial charge in [-0.05, 0) is 55.8 Å². The number of nitrogens with zero attached hydrogens (tertiary/aromatic N) is 4. The van der Waals surface area contributed by atoms with Crippen LogP contribution in [0.1, 0.15) is 19.8 Å². The van der Waals surface area contributed by atoms with Gasteiger partial charge in [0, 0.05) is 17.7 Å². The summed E-state index contributed by atoms with van der Waals surface area (Å²) in [4.78, 5) is 2.21. The summed E-state index contributed by atoms with van der Waals surface area (Å²) in [6, 6.07) is 16.5. The molecular weight excluding hydrogens is 376 g/mol. The highest BCUT2D eigenvalue weighted by Crippen LogP contribution is 2.36. The summed E-state index contributed by atoms with van der Waals surface area (Å²) in [5.41, 5.74) is 1.65. The van der Waals surface area contributed by atoms with Crippen LogP contribution in [0.15, 0.2) is 54.9 Å². The van der Waals surface area contributed by atoms with E-state index in [9.17, 15) is 10.4 Å². The Kier molecular flexibility index (Phi) is 5.93. The third kappa shape index (κ3) is 4.43. The lowest BCUT2D eigenvalue weighted by atomic mass is 9.82. The zero-order valence-electron chi connectivity index (χ0n) is 17.2. The number of β-amino-alcohol motifs (C(OH)–C–C–N with tert-alkyl or cyclic N) is 1. The van der Waals surface area contributed by atoms with Crippen LogP contribution in [0.3, 0.4) is 0 Å². The predicted molar refractivity (Wildman–Crippen MR) is 116 cm³/mol. The van der Waals surface area contributed by atoms with Crippen LogP contribution in [0.4, 0.5) is 0 Å². The van der Waals surface area contributed by atoms with Crippen molar-refractivity contribution >= 4 is 10.8 Å². The van der Waals surface area contributed by atoms with Gasteiger partial charge in [-0.15, -0.1) is 0 Å². The lowest BCUT2D eigenvalue weighted by molar-refractivity contribution is 0.0498. The van der Waals surface area contributed by atoms with Crippen LogP contribution in [0, 0.1) is 16.7 Å². The average molecular weight is 402 g/mol. The molecule has 1 unspecified atom stereocenters. The molecule has 1 aromatic heterocycles. The van der Waals surface area contributed by atoms with E-state index < -0.39 is 6.10 Å². The molecule has 6 nitrogen and oxygen atoms in total. The molecule has 0 bridgehead atoms. The smallest absolute Gasteiger partial charge is 0.127 e. The third-order valence-electron chi connectivity index (χ3n) is 5.89. The summed E-state index contributed by atoms with van der Waals surface area (Å²) in [5, 5.41) is 29.9. The van der Waals surface area contributed by atoms with Crippen LogP contribution in [-0.4, -0.2) is 52.5 Å². The van der Waals surface area contributed by atoms with E-state index in [1.54, 1.807) is 12.4 Å². The van der Waals surface area contributed by atoms with Gasteiger partial charge in [-0.1, -0.05) is 30.3 Å². The number of nitriles is 1. The van der Waals surface area contributed by atoms with Gasteiger partial charge >= 0.3 is 0 Å². The van der Waals surface area contributed by atoms with Gasteiger partial charge in [0.2, 0.25) is 0 Å². The fourth-order valence-corrected chi connectivity index (χ4v) is 3.99. The van der Waals surface area contributed by atoms with E-state index >= 15 is 0 Å². The Balaban J connectivity index is 1.47. The molecule has 0 spiro atoms. The number of aliphatic hydroxyl groups excluding tert-OH is 1. The molecule has 0 aliphatic carbocycles. The lowest BCUT2D eigenvalue weighted by Gasteiger charge is -2.35. The van der Waals surface area contributed by atoms with Crippen molar-refractivity contribution in [1.29, 1.82) is 5.26 Å². The monoisotopic (exact) mass is 402 g/mol. The molecule has 6 heteroatoms. The van der Waals surface area contributed by atoms with Crippen molar-refractivity contribution in [2.45, 2.75) is 25.9 Å². The standard InChI is InChI=1S/C24H26N4O2/c1-24(17-25)9-12-28(13-10-24)15-20(29)16-30-22-7-6-18-4-2-3-5-21(18)23(22)19-8-11-26-27-14-19/h2-8,11,14,20,29H,9-10,12-13,15-16H2,1H3. The molecule has 2 aromatic carbocycles. The molecule has 1 aliphatic rings. The second-order valence-corrected chi connectivity index (χ2v) is 8.23. The summed E-state index contributed by atoms with van der Waals surface area (Å²) in [6.07, 6.45) is 4.46. The summed E-state index contributed by atoms with van der Waals surface area (Å²) in [7, 11) is 0. The van der Waals surface area contributed by atoms with E-state index in [1.807, 2.05) is 37.3 Å². The number of likely N-dealkylation sites (tertiary alicyclic amines) is 1. The van der Waals surface area contributed by atoms with Crippen LogP contribution in [-0.2, 0) is 0 Å². The Bertz CT molecular complexity index is 1040. The van der Waals surface area contributed by atoms with E-state index in [1.165, 1.54) is 0 Å². The molecule has 1 fully saturated rings. The number of hydrogen-bond donors (Lipinski definition) is 1. The molecule has 2 heterocycles. The Hall–Kier alpha value is -3.01. The number of benzene rings is 2. The van der Waals surface area contributed by atoms with Gasteiger partial charge in [-0.2, -0.15) is 15.5 Å². The van der Waals surface area contributed by atoms with Crippen molar-refractivity contribution in [3.8, 4) is 22.9 Å². The minimum absolute atomic E-state index is 0.204. The maximum absolute atomic E-state index is 10.6. The first kappa shape index (κ1) is 20.3. The SMILES string of the molecule is CC1(C#N)CCN(CC(O)COc2ccc3ccccc3c2-c2ccnnc2)CC1. The van der Waals surface area contributed by atoms with E-state index in [2.05, 4.69) is 33.3 Å². The molecule has 0 saturated carbocycles. The van der Waals surface area contributed by atoms with Gasteiger partial charge in [-0.3, -0.25) is 0 Å². The van der Waals surface area contributed by atoms with E-state index in [-0.39, 0.29) is 12.0 Å². The highest BCUT2D eigenvalue weighted by molar-refractivity contribution is 5.99. The largest absolute Gasteiger partial charge is 0.490 e. The first-order chi connectivity index (χ1) is 14.6. The van der Waals surface area contributed by atoms with E-state index in [4.69, 9.17) is 4.74 Å². The van der Waals surface area contributed by atoms with Gasteiger partial charge in [0.1, 0.15) is 18.5 Å². The predicted octanol–water partition coefficient (Wildman–Crippen LogP) is 3.66. The zero-order valence-corrected chi connectivity index (χ0v) is 17.2. The van der Waals surface area contributed by atoms with Crippen LogP contribution >= 0.6 is 0 Å². The van der Waals surface area contributed by atoms with E-state index in [0.29, 0.717) is 6.54 Å². The minimum Gasteiger partial charge on any atom is -0.490 e.